The Labute approximate surface area is 253 Å². The third kappa shape index (κ3) is 16.3. The Bertz CT molecular complexity index is 743. The average molecular weight is 573 g/mol. The quantitative estimate of drug-likeness (QED) is 0.0405. The van der Waals surface area contributed by atoms with E-state index in [0.29, 0.717) is 24.4 Å². The molecule has 0 aromatic heterocycles. The highest BCUT2D eigenvalue weighted by Crippen LogP contribution is 2.36. The van der Waals surface area contributed by atoms with Crippen LogP contribution < -0.4 is 0 Å². The molecule has 41 heavy (non-hydrogen) atoms. The van der Waals surface area contributed by atoms with E-state index in [1.807, 2.05) is 13.0 Å². The Morgan fingerprint density at radius 2 is 1.12 bits per heavy atom. The molecule has 0 radical (unpaired) electrons. The summed E-state index contributed by atoms with van der Waals surface area (Å²) in [5.41, 5.74) is 0.892. The summed E-state index contributed by atoms with van der Waals surface area (Å²) < 4.78 is 17.0. The van der Waals surface area contributed by atoms with E-state index in [1.165, 1.54) is 141 Å². The van der Waals surface area contributed by atoms with E-state index >= 15 is 0 Å². The van der Waals surface area contributed by atoms with E-state index in [4.69, 9.17) is 14.2 Å². The first-order valence-electron chi connectivity index (χ1n) is 18.0. The van der Waals surface area contributed by atoms with E-state index in [-0.39, 0.29) is 12.1 Å². The number of carbonyl (C=O) groups is 1. The molecular formula is C37H64O4. The van der Waals surface area contributed by atoms with Crippen molar-refractivity contribution < 1.29 is 19.0 Å². The van der Waals surface area contributed by atoms with Gasteiger partial charge in [-0.1, -0.05) is 128 Å². The lowest BCUT2D eigenvalue weighted by Crippen LogP contribution is -2.03. The zero-order valence-corrected chi connectivity index (χ0v) is 26.9. The molecule has 0 spiro atoms. The first kappa shape index (κ1) is 34.4. The highest BCUT2D eigenvalue weighted by molar-refractivity contribution is 5.90. The first-order valence-corrected chi connectivity index (χ1v) is 18.0. The van der Waals surface area contributed by atoms with Gasteiger partial charge >= 0.3 is 5.97 Å². The Balaban J connectivity index is 0.995. The number of hydrogen-bond donors (Lipinski definition) is 0. The molecule has 236 valence electrons. The fourth-order valence-corrected chi connectivity index (χ4v) is 6.47. The normalized spacial score (nSPS) is 25.2. The van der Waals surface area contributed by atoms with Crippen LogP contribution in [0, 0.1) is 0 Å². The Morgan fingerprint density at radius 1 is 0.610 bits per heavy atom. The van der Waals surface area contributed by atoms with Crippen LogP contribution in [0.1, 0.15) is 174 Å². The van der Waals surface area contributed by atoms with Gasteiger partial charge in [0, 0.05) is 5.57 Å². The summed E-state index contributed by atoms with van der Waals surface area (Å²) in [4.78, 5) is 11.6. The van der Waals surface area contributed by atoms with Crippen LogP contribution >= 0.6 is 0 Å². The van der Waals surface area contributed by atoms with Crippen molar-refractivity contribution in [1.29, 1.82) is 0 Å². The first-order chi connectivity index (χ1) is 20.2. The van der Waals surface area contributed by atoms with Crippen molar-refractivity contribution in [3.63, 3.8) is 0 Å². The summed E-state index contributed by atoms with van der Waals surface area (Å²) in [6.07, 6.45) is 41.4. The minimum atomic E-state index is -0.0967. The number of rotatable bonds is 28. The second-order valence-corrected chi connectivity index (χ2v) is 13.2. The number of carbonyl (C=O) groups excluding carboxylic acids is 1. The molecule has 4 heteroatoms. The fraction of sp³-hybridized carbons (Fsp3) is 0.865. The number of ether oxygens (including phenoxy) is 3. The van der Waals surface area contributed by atoms with Crippen LogP contribution in [0.25, 0.3) is 0 Å². The van der Waals surface area contributed by atoms with Crippen LogP contribution in [-0.4, -0.2) is 36.5 Å². The van der Waals surface area contributed by atoms with Gasteiger partial charge in [-0.05, 0) is 64.4 Å². The fourth-order valence-electron chi connectivity index (χ4n) is 6.47. The van der Waals surface area contributed by atoms with Gasteiger partial charge in [-0.2, -0.15) is 0 Å². The number of unbranched alkanes of at least 4 members (excludes halogenated alkanes) is 18. The molecule has 0 aliphatic carbocycles. The molecule has 4 unspecified atom stereocenters. The lowest BCUT2D eigenvalue weighted by Gasteiger charge is -2.03. The number of esters is 1. The van der Waals surface area contributed by atoms with Gasteiger partial charge in [0.25, 0.3) is 0 Å². The van der Waals surface area contributed by atoms with Gasteiger partial charge in [0.2, 0.25) is 0 Å². The van der Waals surface area contributed by atoms with Gasteiger partial charge in [-0.15, -0.1) is 0 Å². The molecule has 0 N–H and O–H groups in total. The Hall–Kier alpha value is -1.13. The van der Waals surface area contributed by atoms with Crippen LogP contribution in [0.15, 0.2) is 23.8 Å². The van der Waals surface area contributed by atoms with Crippen LogP contribution in [0.5, 0.6) is 0 Å². The molecule has 3 aliphatic rings. The summed E-state index contributed by atoms with van der Waals surface area (Å²) in [5, 5.41) is 0. The third-order valence-corrected chi connectivity index (χ3v) is 9.30. The molecule has 2 saturated heterocycles. The van der Waals surface area contributed by atoms with Crippen molar-refractivity contribution in [1.82, 2.24) is 0 Å². The minimum Gasteiger partial charge on any atom is -0.455 e. The maximum atomic E-state index is 11.6. The summed E-state index contributed by atoms with van der Waals surface area (Å²) in [6.45, 7) is 4.22. The maximum Gasteiger partial charge on any atom is 0.334 e. The SMILES string of the molecule is CCCCCCCCCCC/C=C\CC1OC1CCC1OC1CCCCCCCCCCCCC1=C[C@H](C)OC1=O. The number of epoxide rings is 2. The van der Waals surface area contributed by atoms with E-state index < -0.39 is 0 Å². The predicted octanol–water partition coefficient (Wildman–Crippen LogP) is 10.7. The number of hydrogen-bond acceptors (Lipinski definition) is 4. The average Bonchev–Trinajstić information content (AvgIpc) is 3.87. The molecule has 4 nitrogen and oxygen atoms in total. The summed E-state index contributed by atoms with van der Waals surface area (Å²) >= 11 is 0. The lowest BCUT2D eigenvalue weighted by molar-refractivity contribution is -0.139. The highest BCUT2D eigenvalue weighted by atomic mass is 16.6. The molecule has 3 rings (SSSR count). The summed E-state index contributed by atoms with van der Waals surface area (Å²) in [5.74, 6) is -0.0967. The molecule has 3 heterocycles. The van der Waals surface area contributed by atoms with E-state index in [9.17, 15) is 4.79 Å². The second kappa shape index (κ2) is 21.5. The number of cyclic esters (lactones) is 1. The molecule has 2 fully saturated rings. The molecular weight excluding hydrogens is 508 g/mol. The summed E-state index contributed by atoms with van der Waals surface area (Å²) in [6, 6.07) is 0. The van der Waals surface area contributed by atoms with Crippen molar-refractivity contribution in [2.45, 2.75) is 205 Å². The topological polar surface area (TPSA) is 51.4 Å². The van der Waals surface area contributed by atoms with E-state index in [1.54, 1.807) is 0 Å². The highest BCUT2D eigenvalue weighted by Gasteiger charge is 2.42. The van der Waals surface area contributed by atoms with Gasteiger partial charge in [0.1, 0.15) is 6.10 Å². The van der Waals surface area contributed by atoms with E-state index in [0.717, 1.165) is 24.8 Å². The van der Waals surface area contributed by atoms with Crippen LogP contribution in [0.2, 0.25) is 0 Å². The molecule has 0 bridgehead atoms. The Morgan fingerprint density at radius 3 is 1.73 bits per heavy atom. The van der Waals surface area contributed by atoms with Gasteiger partial charge in [-0.3, -0.25) is 0 Å². The zero-order valence-electron chi connectivity index (χ0n) is 26.9. The van der Waals surface area contributed by atoms with Crippen molar-refractivity contribution in [3.05, 3.63) is 23.8 Å². The third-order valence-electron chi connectivity index (χ3n) is 9.30. The van der Waals surface area contributed by atoms with Crippen LogP contribution in [0.4, 0.5) is 0 Å². The molecule has 3 aliphatic heterocycles. The minimum absolute atomic E-state index is 0.0251. The van der Waals surface area contributed by atoms with Gasteiger partial charge in [-0.25, -0.2) is 4.79 Å². The monoisotopic (exact) mass is 572 g/mol. The van der Waals surface area contributed by atoms with Crippen LogP contribution in [0.3, 0.4) is 0 Å². The van der Waals surface area contributed by atoms with Crippen molar-refractivity contribution >= 4 is 5.97 Å². The van der Waals surface area contributed by atoms with Crippen molar-refractivity contribution in [2.24, 2.45) is 0 Å². The zero-order chi connectivity index (χ0) is 29.0. The number of allylic oxidation sites excluding steroid dienone is 1. The summed E-state index contributed by atoms with van der Waals surface area (Å²) in [7, 11) is 0. The smallest absolute Gasteiger partial charge is 0.334 e. The van der Waals surface area contributed by atoms with Gasteiger partial charge < -0.3 is 14.2 Å². The molecule has 0 aromatic carbocycles. The van der Waals surface area contributed by atoms with Crippen molar-refractivity contribution in [3.8, 4) is 0 Å². The maximum absolute atomic E-state index is 11.6. The molecule has 5 atom stereocenters. The molecule has 0 amide bonds. The largest absolute Gasteiger partial charge is 0.455 e. The van der Waals surface area contributed by atoms with E-state index in [2.05, 4.69) is 19.1 Å². The molecule has 0 saturated carbocycles. The second-order valence-electron chi connectivity index (χ2n) is 13.2. The predicted molar refractivity (Wildman–Crippen MR) is 171 cm³/mol. The van der Waals surface area contributed by atoms with Gasteiger partial charge in [0.15, 0.2) is 0 Å². The lowest BCUT2D eigenvalue weighted by atomic mass is 10.0. The standard InChI is InChI=1S/C37H64O4/c1-3-4-5-6-7-8-9-10-14-17-20-23-26-33-35(40-33)28-29-36-34(41-36)27-24-21-18-15-12-11-13-16-19-22-25-32-30-31(2)39-37(32)38/h20,23,30-31,33-36H,3-19,21-22,24-29H2,1-2H3/b23-20-/t31-,33?,34?,35?,36?/m0/s1. The Kier molecular flexibility index (Phi) is 18.1. The van der Waals surface area contributed by atoms with Crippen LogP contribution in [-0.2, 0) is 19.0 Å². The van der Waals surface area contributed by atoms with Gasteiger partial charge in [0.05, 0.1) is 24.4 Å². The van der Waals surface area contributed by atoms with Crippen molar-refractivity contribution in [2.75, 3.05) is 0 Å². The molecule has 0 aromatic rings.